The number of hydrogen-bond acceptors (Lipinski definition) is 3. The summed E-state index contributed by atoms with van der Waals surface area (Å²) >= 11 is 0. The Morgan fingerprint density at radius 2 is 2.04 bits per heavy atom. The van der Waals surface area contributed by atoms with Crippen molar-refractivity contribution in [2.75, 3.05) is 31.1 Å². The maximum Gasteiger partial charge on any atom is 0.224 e. The monoisotopic (exact) mass is 341 g/mol. The van der Waals surface area contributed by atoms with Crippen molar-refractivity contribution >= 4 is 11.6 Å². The normalized spacial score (nSPS) is 24.0. The fourth-order valence-corrected chi connectivity index (χ4v) is 4.79. The molecule has 1 amide bonds. The van der Waals surface area contributed by atoms with E-state index >= 15 is 0 Å². The van der Waals surface area contributed by atoms with Crippen LogP contribution in [0.2, 0.25) is 0 Å². The van der Waals surface area contributed by atoms with E-state index in [0.717, 1.165) is 39.1 Å². The van der Waals surface area contributed by atoms with Crippen LogP contribution in [0.15, 0.2) is 18.2 Å². The van der Waals surface area contributed by atoms with E-state index in [1.54, 1.807) is 0 Å². The molecule has 2 aliphatic heterocycles. The minimum absolute atomic E-state index is 0.186. The summed E-state index contributed by atoms with van der Waals surface area (Å²) in [6, 6.07) is 7.40. The van der Waals surface area contributed by atoms with Gasteiger partial charge in [0.25, 0.3) is 0 Å². The molecule has 4 heteroatoms. The molecule has 0 spiro atoms. The number of likely N-dealkylation sites (tertiary alicyclic amines) is 1. The highest BCUT2D eigenvalue weighted by molar-refractivity contribution is 5.79. The molecule has 2 fully saturated rings. The smallest absolute Gasteiger partial charge is 0.224 e. The van der Waals surface area contributed by atoms with Crippen molar-refractivity contribution in [3.63, 3.8) is 0 Å². The number of hydrogen-bond donors (Lipinski definition) is 1. The highest BCUT2D eigenvalue weighted by Crippen LogP contribution is 2.29. The van der Waals surface area contributed by atoms with Crippen LogP contribution in [0.5, 0.6) is 0 Å². The molecule has 1 aromatic carbocycles. The molecule has 1 unspecified atom stereocenters. The third-order valence-corrected chi connectivity index (χ3v) is 6.27. The van der Waals surface area contributed by atoms with Crippen LogP contribution in [0.25, 0.3) is 0 Å². The fourth-order valence-electron chi connectivity index (χ4n) is 4.79. The topological polar surface area (TPSA) is 35.6 Å². The van der Waals surface area contributed by atoms with Gasteiger partial charge in [0.15, 0.2) is 0 Å². The first kappa shape index (κ1) is 16.9. The average Bonchev–Trinajstić information content (AvgIpc) is 3.34. The Hall–Kier alpha value is -1.55. The van der Waals surface area contributed by atoms with Crippen LogP contribution >= 0.6 is 0 Å². The summed E-state index contributed by atoms with van der Waals surface area (Å²) in [4.78, 5) is 17.4. The summed E-state index contributed by atoms with van der Waals surface area (Å²) < 4.78 is 0. The molecule has 4 rings (SSSR count). The van der Waals surface area contributed by atoms with E-state index in [0.29, 0.717) is 11.9 Å². The van der Waals surface area contributed by atoms with Gasteiger partial charge < -0.3 is 10.2 Å². The molecule has 1 saturated heterocycles. The molecule has 25 heavy (non-hydrogen) atoms. The molecule has 1 N–H and O–H groups in total. The summed E-state index contributed by atoms with van der Waals surface area (Å²) in [5, 5.41) is 3.28. The predicted octanol–water partition coefficient (Wildman–Crippen LogP) is 2.95. The Morgan fingerprint density at radius 3 is 2.84 bits per heavy atom. The van der Waals surface area contributed by atoms with Crippen LogP contribution in [-0.2, 0) is 17.8 Å². The van der Waals surface area contributed by atoms with Crippen LogP contribution in [0.4, 0.5) is 5.69 Å². The van der Waals surface area contributed by atoms with Gasteiger partial charge in [-0.2, -0.15) is 0 Å². The number of carbonyl (C=O) groups is 1. The average molecular weight is 341 g/mol. The Morgan fingerprint density at radius 1 is 1.20 bits per heavy atom. The first-order valence-electron chi connectivity index (χ1n) is 10.1. The summed E-state index contributed by atoms with van der Waals surface area (Å²) in [5.74, 6) is 0.479. The van der Waals surface area contributed by atoms with Crippen molar-refractivity contribution in [2.45, 2.75) is 58.0 Å². The maximum atomic E-state index is 12.5. The van der Waals surface area contributed by atoms with Crippen molar-refractivity contribution < 1.29 is 4.79 Å². The number of nitrogens with zero attached hydrogens (tertiary/aromatic N) is 2. The van der Waals surface area contributed by atoms with Gasteiger partial charge in [0.1, 0.15) is 0 Å². The van der Waals surface area contributed by atoms with Crippen molar-refractivity contribution in [1.82, 2.24) is 10.2 Å². The van der Waals surface area contributed by atoms with Crippen molar-refractivity contribution in [3.05, 3.63) is 29.3 Å². The van der Waals surface area contributed by atoms with Crippen LogP contribution < -0.4 is 10.2 Å². The van der Waals surface area contributed by atoms with E-state index in [4.69, 9.17) is 0 Å². The van der Waals surface area contributed by atoms with Crippen LogP contribution in [0.1, 0.15) is 50.2 Å². The number of likely N-dealkylation sites (N-methyl/N-ethyl adjacent to an activating group) is 1. The zero-order valence-electron chi connectivity index (χ0n) is 15.5. The van der Waals surface area contributed by atoms with Gasteiger partial charge >= 0.3 is 0 Å². The van der Waals surface area contributed by atoms with Gasteiger partial charge in [-0.1, -0.05) is 25.0 Å². The lowest BCUT2D eigenvalue weighted by molar-refractivity contribution is -0.125. The zero-order valence-corrected chi connectivity index (χ0v) is 15.5. The van der Waals surface area contributed by atoms with Crippen LogP contribution in [-0.4, -0.2) is 43.0 Å². The minimum atomic E-state index is 0.186. The SMILES string of the molecule is CCN1CCc2cc(CN3CCC(C(=O)NC4CCCC4)C3)ccc21. The number of nitrogens with one attached hydrogen (secondary N) is 1. The molecule has 4 nitrogen and oxygen atoms in total. The molecular weight excluding hydrogens is 310 g/mol. The lowest BCUT2D eigenvalue weighted by Crippen LogP contribution is -2.38. The molecule has 1 saturated carbocycles. The van der Waals surface area contributed by atoms with Gasteiger partial charge in [-0.05, 0) is 56.3 Å². The summed E-state index contributed by atoms with van der Waals surface area (Å²) in [6.07, 6.45) is 7.07. The van der Waals surface area contributed by atoms with E-state index in [-0.39, 0.29) is 5.92 Å². The lowest BCUT2D eigenvalue weighted by Gasteiger charge is -2.19. The quantitative estimate of drug-likeness (QED) is 0.894. The summed E-state index contributed by atoms with van der Waals surface area (Å²) in [5.41, 5.74) is 4.31. The lowest BCUT2D eigenvalue weighted by atomic mass is 10.1. The van der Waals surface area contributed by atoms with Crippen LogP contribution in [0.3, 0.4) is 0 Å². The number of rotatable bonds is 5. The van der Waals surface area contributed by atoms with Crippen LogP contribution in [0, 0.1) is 5.92 Å². The second-order valence-corrected chi connectivity index (χ2v) is 8.00. The molecule has 0 bridgehead atoms. The Labute approximate surface area is 151 Å². The van der Waals surface area contributed by atoms with Gasteiger partial charge in [0, 0.05) is 37.9 Å². The predicted molar refractivity (Wildman–Crippen MR) is 102 cm³/mol. The van der Waals surface area contributed by atoms with E-state index in [1.165, 1.54) is 48.9 Å². The second-order valence-electron chi connectivity index (χ2n) is 8.00. The Balaban J connectivity index is 1.31. The molecule has 3 aliphatic rings. The number of carbonyl (C=O) groups excluding carboxylic acids is 1. The standard InChI is InChI=1S/C21H31N3O/c1-2-24-12-10-17-13-16(7-8-20(17)24)14-23-11-9-18(15-23)21(25)22-19-5-3-4-6-19/h7-8,13,18-19H,2-6,9-12,14-15H2,1H3,(H,22,25). The molecule has 2 heterocycles. The van der Waals surface area contributed by atoms with E-state index in [2.05, 4.69) is 40.2 Å². The van der Waals surface area contributed by atoms with Crippen molar-refractivity contribution in [3.8, 4) is 0 Å². The first-order valence-corrected chi connectivity index (χ1v) is 10.1. The van der Waals surface area contributed by atoms with E-state index in [1.807, 2.05) is 0 Å². The van der Waals surface area contributed by atoms with Gasteiger partial charge in [-0.15, -0.1) is 0 Å². The van der Waals surface area contributed by atoms with Gasteiger partial charge in [0.2, 0.25) is 5.91 Å². The fraction of sp³-hybridized carbons (Fsp3) is 0.667. The molecular formula is C21H31N3O. The maximum absolute atomic E-state index is 12.5. The van der Waals surface area contributed by atoms with E-state index < -0.39 is 0 Å². The van der Waals surface area contributed by atoms with Gasteiger partial charge in [-0.3, -0.25) is 9.69 Å². The van der Waals surface area contributed by atoms with Crippen molar-refractivity contribution in [1.29, 1.82) is 0 Å². The molecule has 1 aliphatic carbocycles. The summed E-state index contributed by atoms with van der Waals surface area (Å²) in [7, 11) is 0. The minimum Gasteiger partial charge on any atom is -0.371 e. The highest BCUT2D eigenvalue weighted by atomic mass is 16.2. The Kier molecular flexibility index (Phi) is 4.98. The van der Waals surface area contributed by atoms with Gasteiger partial charge in [-0.25, -0.2) is 0 Å². The number of fused-ring (bicyclic) bond motifs is 1. The highest BCUT2D eigenvalue weighted by Gasteiger charge is 2.30. The first-order chi connectivity index (χ1) is 12.2. The molecule has 0 radical (unpaired) electrons. The van der Waals surface area contributed by atoms with E-state index in [9.17, 15) is 4.79 Å². The second kappa shape index (κ2) is 7.36. The molecule has 1 atom stereocenters. The third kappa shape index (κ3) is 3.69. The number of amides is 1. The third-order valence-electron chi connectivity index (χ3n) is 6.27. The van der Waals surface area contributed by atoms with Crippen molar-refractivity contribution in [2.24, 2.45) is 5.92 Å². The molecule has 136 valence electrons. The number of anilines is 1. The number of benzene rings is 1. The summed E-state index contributed by atoms with van der Waals surface area (Å²) in [6.45, 7) is 7.41. The molecule has 0 aromatic heterocycles. The largest absolute Gasteiger partial charge is 0.371 e. The molecule has 1 aromatic rings. The van der Waals surface area contributed by atoms with Gasteiger partial charge in [0.05, 0.1) is 5.92 Å². The Bertz CT molecular complexity index is 624. The zero-order chi connectivity index (χ0) is 17.2.